The highest BCUT2D eigenvalue weighted by Gasteiger charge is 2.30. The molecule has 7 nitrogen and oxygen atoms in total. The Morgan fingerprint density at radius 2 is 1.88 bits per heavy atom. The number of thioether (sulfide) groups is 1. The minimum Gasteiger partial charge on any atom is -0.324 e. The zero-order valence-corrected chi connectivity index (χ0v) is 20.2. The van der Waals surface area contributed by atoms with Gasteiger partial charge in [0.15, 0.2) is 11.0 Å². The average Bonchev–Trinajstić information content (AvgIpc) is 3.47. The SMILES string of the molecule is CC1CC(=O)Nc2ccccc2N1C(=O)CSc1nnc(-c2cccs2)n1Cc1ccccc1. The Morgan fingerprint density at radius 3 is 2.68 bits per heavy atom. The molecule has 0 bridgehead atoms. The van der Waals surface area contributed by atoms with Crippen LogP contribution in [0.15, 0.2) is 77.3 Å². The Bertz CT molecular complexity index is 1300. The number of carbonyl (C=O) groups excluding carboxylic acids is 2. The number of benzene rings is 2. The number of aromatic nitrogens is 3. The molecule has 5 rings (SSSR count). The normalized spacial score (nSPS) is 15.5. The Kier molecular flexibility index (Phi) is 6.46. The van der Waals surface area contributed by atoms with Gasteiger partial charge in [-0.1, -0.05) is 60.3 Å². The van der Waals surface area contributed by atoms with Gasteiger partial charge in [0.2, 0.25) is 11.8 Å². The molecule has 2 aromatic heterocycles. The first-order valence-corrected chi connectivity index (χ1v) is 12.8. The first-order chi connectivity index (χ1) is 16.6. The molecule has 4 aromatic rings. The van der Waals surface area contributed by atoms with Gasteiger partial charge >= 0.3 is 0 Å². The van der Waals surface area contributed by atoms with Crippen LogP contribution in [0, 0.1) is 0 Å². The van der Waals surface area contributed by atoms with E-state index in [4.69, 9.17) is 0 Å². The van der Waals surface area contributed by atoms with Crippen LogP contribution >= 0.6 is 23.1 Å². The molecule has 1 atom stereocenters. The quantitative estimate of drug-likeness (QED) is 0.389. The first-order valence-electron chi connectivity index (χ1n) is 10.9. The van der Waals surface area contributed by atoms with Crippen LogP contribution in [0.3, 0.4) is 0 Å². The summed E-state index contributed by atoms with van der Waals surface area (Å²) in [6, 6.07) is 21.3. The monoisotopic (exact) mass is 489 g/mol. The summed E-state index contributed by atoms with van der Waals surface area (Å²) in [6.07, 6.45) is 0.248. The molecule has 3 heterocycles. The maximum atomic E-state index is 13.4. The number of fused-ring (bicyclic) bond motifs is 1. The summed E-state index contributed by atoms with van der Waals surface area (Å²) in [5, 5.41) is 14.5. The predicted octanol–water partition coefficient (Wildman–Crippen LogP) is 4.91. The molecular weight excluding hydrogens is 466 g/mol. The van der Waals surface area contributed by atoms with Crippen molar-refractivity contribution >= 4 is 46.3 Å². The molecule has 1 aliphatic heterocycles. The summed E-state index contributed by atoms with van der Waals surface area (Å²) < 4.78 is 2.06. The average molecular weight is 490 g/mol. The van der Waals surface area contributed by atoms with Crippen LogP contribution in [0.25, 0.3) is 10.7 Å². The maximum Gasteiger partial charge on any atom is 0.237 e. The molecule has 0 fully saturated rings. The minimum absolute atomic E-state index is 0.0756. The zero-order chi connectivity index (χ0) is 23.5. The van der Waals surface area contributed by atoms with Gasteiger partial charge in [0.05, 0.1) is 28.5 Å². The van der Waals surface area contributed by atoms with Gasteiger partial charge in [0.25, 0.3) is 0 Å². The fraction of sp³-hybridized carbons (Fsp3) is 0.200. The molecule has 1 unspecified atom stereocenters. The van der Waals surface area contributed by atoms with E-state index in [0.717, 1.165) is 22.0 Å². The second-order valence-corrected chi connectivity index (χ2v) is 9.92. The lowest BCUT2D eigenvalue weighted by molar-refractivity contribution is -0.117. The molecule has 0 radical (unpaired) electrons. The van der Waals surface area contributed by atoms with Crippen LogP contribution in [0.1, 0.15) is 18.9 Å². The number of hydrogen-bond acceptors (Lipinski definition) is 6. The lowest BCUT2D eigenvalue weighted by Crippen LogP contribution is -2.40. The summed E-state index contributed by atoms with van der Waals surface area (Å²) in [5.41, 5.74) is 2.51. The van der Waals surface area contributed by atoms with Crippen LogP contribution in [0.2, 0.25) is 0 Å². The number of hydrogen-bond donors (Lipinski definition) is 1. The number of amides is 2. The standard InChI is InChI=1S/C25H23N5O2S2/c1-17-14-22(31)26-19-10-5-6-11-20(19)30(17)23(32)16-34-25-28-27-24(21-12-7-13-33-21)29(25)15-18-8-3-2-4-9-18/h2-13,17H,14-16H2,1H3,(H,26,31). The maximum absolute atomic E-state index is 13.4. The van der Waals surface area contributed by atoms with Crippen molar-refractivity contribution in [2.24, 2.45) is 0 Å². The van der Waals surface area contributed by atoms with Crippen LogP contribution in [-0.2, 0) is 16.1 Å². The topological polar surface area (TPSA) is 80.1 Å². The van der Waals surface area contributed by atoms with Crippen molar-refractivity contribution in [2.45, 2.75) is 31.1 Å². The molecule has 1 aliphatic rings. The third-order valence-corrected chi connectivity index (χ3v) is 7.41. The van der Waals surface area contributed by atoms with E-state index in [1.165, 1.54) is 11.8 Å². The smallest absolute Gasteiger partial charge is 0.237 e. The van der Waals surface area contributed by atoms with Crippen molar-refractivity contribution in [3.8, 4) is 10.7 Å². The van der Waals surface area contributed by atoms with Crippen LogP contribution < -0.4 is 10.2 Å². The summed E-state index contributed by atoms with van der Waals surface area (Å²) in [7, 11) is 0. The van der Waals surface area contributed by atoms with Crippen molar-refractivity contribution in [1.29, 1.82) is 0 Å². The molecule has 2 aromatic carbocycles. The van der Waals surface area contributed by atoms with E-state index in [0.29, 0.717) is 17.4 Å². The molecule has 1 N–H and O–H groups in total. The third kappa shape index (κ3) is 4.62. The van der Waals surface area contributed by atoms with E-state index in [-0.39, 0.29) is 30.0 Å². The van der Waals surface area contributed by atoms with Gasteiger partial charge in [-0.05, 0) is 36.1 Å². The molecule has 0 aliphatic carbocycles. The molecule has 172 valence electrons. The number of carbonyl (C=O) groups is 2. The first kappa shape index (κ1) is 22.4. The third-order valence-electron chi connectivity index (χ3n) is 5.59. The summed E-state index contributed by atoms with van der Waals surface area (Å²) in [5.74, 6) is 0.807. The summed E-state index contributed by atoms with van der Waals surface area (Å²) >= 11 is 2.98. The number of nitrogens with zero attached hydrogens (tertiary/aromatic N) is 4. The van der Waals surface area contributed by atoms with E-state index in [2.05, 4.69) is 32.2 Å². The molecule has 0 saturated heterocycles. The molecule has 0 saturated carbocycles. The largest absolute Gasteiger partial charge is 0.324 e. The van der Waals surface area contributed by atoms with E-state index in [9.17, 15) is 9.59 Å². The molecule has 0 spiro atoms. The van der Waals surface area contributed by atoms with Gasteiger partial charge < -0.3 is 10.2 Å². The number of rotatable bonds is 6. The van der Waals surface area contributed by atoms with Crippen molar-refractivity contribution in [3.05, 3.63) is 77.7 Å². The number of anilines is 2. The van der Waals surface area contributed by atoms with Gasteiger partial charge in [0, 0.05) is 12.5 Å². The molecular formula is C25H23N5O2S2. The fourth-order valence-electron chi connectivity index (χ4n) is 4.06. The van der Waals surface area contributed by atoms with Crippen LogP contribution in [0.4, 0.5) is 11.4 Å². The van der Waals surface area contributed by atoms with Gasteiger partial charge in [-0.25, -0.2) is 0 Å². The lowest BCUT2D eigenvalue weighted by atomic mass is 10.2. The summed E-state index contributed by atoms with van der Waals surface area (Å²) in [4.78, 5) is 28.4. The van der Waals surface area contributed by atoms with Crippen LogP contribution in [0.5, 0.6) is 0 Å². The summed E-state index contributed by atoms with van der Waals surface area (Å²) in [6.45, 7) is 2.51. The Morgan fingerprint density at radius 1 is 1.09 bits per heavy atom. The van der Waals surface area contributed by atoms with Gasteiger partial charge in [-0.15, -0.1) is 21.5 Å². The van der Waals surface area contributed by atoms with Gasteiger partial charge in [-0.3, -0.25) is 14.2 Å². The minimum atomic E-state index is -0.249. The van der Waals surface area contributed by atoms with Gasteiger partial charge in [0.1, 0.15) is 0 Å². The molecule has 2 amide bonds. The highest BCUT2D eigenvalue weighted by molar-refractivity contribution is 7.99. The van der Waals surface area contributed by atoms with Crippen molar-refractivity contribution in [3.63, 3.8) is 0 Å². The van der Waals surface area contributed by atoms with E-state index >= 15 is 0 Å². The van der Waals surface area contributed by atoms with Crippen LogP contribution in [-0.4, -0.2) is 38.4 Å². The van der Waals surface area contributed by atoms with E-state index in [1.54, 1.807) is 16.2 Å². The van der Waals surface area contributed by atoms with E-state index in [1.807, 2.05) is 66.9 Å². The van der Waals surface area contributed by atoms with E-state index < -0.39 is 0 Å². The van der Waals surface area contributed by atoms with Crippen molar-refractivity contribution in [1.82, 2.24) is 14.8 Å². The zero-order valence-electron chi connectivity index (χ0n) is 18.5. The molecule has 9 heteroatoms. The Labute approximate surface area is 205 Å². The predicted molar refractivity (Wildman–Crippen MR) is 136 cm³/mol. The Hall–Kier alpha value is -3.43. The Balaban J connectivity index is 1.41. The second kappa shape index (κ2) is 9.82. The number of para-hydroxylation sites is 2. The highest BCUT2D eigenvalue weighted by Crippen LogP contribution is 2.33. The second-order valence-electron chi connectivity index (χ2n) is 8.03. The van der Waals surface area contributed by atoms with Crippen molar-refractivity contribution in [2.75, 3.05) is 16.0 Å². The molecule has 34 heavy (non-hydrogen) atoms. The lowest BCUT2D eigenvalue weighted by Gasteiger charge is -2.27. The number of thiophene rings is 1. The van der Waals surface area contributed by atoms with Crippen molar-refractivity contribution < 1.29 is 9.59 Å². The highest BCUT2D eigenvalue weighted by atomic mass is 32.2. The number of nitrogens with one attached hydrogen (secondary N) is 1. The fourth-order valence-corrected chi connectivity index (χ4v) is 5.57. The van der Waals surface area contributed by atoms with Gasteiger partial charge in [-0.2, -0.15) is 0 Å².